The minimum Gasteiger partial charge on any atom is -0.276 e. The van der Waals surface area contributed by atoms with Crippen molar-refractivity contribution in [3.05, 3.63) is 12.2 Å². The summed E-state index contributed by atoms with van der Waals surface area (Å²) in [4.78, 5) is 22.4. The highest BCUT2D eigenvalue weighted by Gasteiger charge is 2.20. The normalized spacial score (nSPS) is 20.2. The van der Waals surface area contributed by atoms with Crippen LogP contribution in [0.15, 0.2) is 12.2 Å². The van der Waals surface area contributed by atoms with Crippen molar-refractivity contribution >= 4 is 11.8 Å². The molecule has 2 amide bonds. The van der Waals surface area contributed by atoms with Gasteiger partial charge in [-0.05, 0) is 6.92 Å². The second kappa shape index (κ2) is 6.38. The first-order valence-electron chi connectivity index (χ1n) is 5.79. The van der Waals surface area contributed by atoms with E-state index in [-0.39, 0.29) is 11.8 Å². The molecule has 1 heterocycles. The van der Waals surface area contributed by atoms with Crippen molar-refractivity contribution in [3.8, 4) is 0 Å². The Balaban J connectivity index is 0.000000162. The number of imide groups is 1. The average molecular weight is 209 g/mol. The van der Waals surface area contributed by atoms with Gasteiger partial charge >= 0.3 is 0 Å². The summed E-state index contributed by atoms with van der Waals surface area (Å²) in [6.07, 6.45) is 11.6. The van der Waals surface area contributed by atoms with Crippen LogP contribution in [-0.2, 0) is 9.59 Å². The first-order chi connectivity index (χ1) is 7.25. The van der Waals surface area contributed by atoms with Gasteiger partial charge in [-0.1, -0.05) is 38.5 Å². The van der Waals surface area contributed by atoms with Crippen molar-refractivity contribution in [1.29, 1.82) is 0 Å². The maximum Gasteiger partial charge on any atom is 0.253 e. The highest BCUT2D eigenvalue weighted by molar-refractivity contribution is 6.12. The number of carbonyl (C=O) groups excluding carboxylic acids is 2. The van der Waals surface area contributed by atoms with Crippen LogP contribution in [0.4, 0.5) is 0 Å². The molecule has 1 aliphatic heterocycles. The van der Waals surface area contributed by atoms with Gasteiger partial charge in [0, 0.05) is 18.7 Å². The van der Waals surface area contributed by atoms with Crippen LogP contribution >= 0.6 is 0 Å². The Bertz CT molecular complexity index is 225. The fourth-order valence-electron chi connectivity index (χ4n) is 1.80. The summed E-state index contributed by atoms with van der Waals surface area (Å²) in [5.41, 5.74) is 0. The summed E-state index contributed by atoms with van der Waals surface area (Å²) < 4.78 is 0. The Hall–Kier alpha value is -1.12. The summed E-state index contributed by atoms with van der Waals surface area (Å²) in [6, 6.07) is 0. The van der Waals surface area contributed by atoms with Crippen molar-refractivity contribution in [2.24, 2.45) is 0 Å². The Morgan fingerprint density at radius 2 is 1.27 bits per heavy atom. The van der Waals surface area contributed by atoms with E-state index < -0.39 is 0 Å². The topological polar surface area (TPSA) is 37.4 Å². The molecule has 0 spiro atoms. The van der Waals surface area contributed by atoms with Crippen LogP contribution in [0.2, 0.25) is 0 Å². The van der Waals surface area contributed by atoms with Gasteiger partial charge < -0.3 is 0 Å². The van der Waals surface area contributed by atoms with E-state index in [1.807, 2.05) is 0 Å². The number of hydrogen-bond donors (Lipinski definition) is 0. The van der Waals surface area contributed by atoms with Gasteiger partial charge in [0.15, 0.2) is 0 Å². The number of hydrogen-bond acceptors (Lipinski definition) is 2. The second-order valence-electron chi connectivity index (χ2n) is 3.88. The van der Waals surface area contributed by atoms with Crippen molar-refractivity contribution in [2.45, 2.75) is 45.4 Å². The molecule has 0 saturated heterocycles. The SMILES string of the molecule is C1CCCCC1.CCN1C(=O)C=CC1=O. The fourth-order valence-corrected chi connectivity index (χ4v) is 1.80. The molecule has 3 heteroatoms. The zero-order chi connectivity index (χ0) is 11.1. The Morgan fingerprint density at radius 3 is 1.47 bits per heavy atom. The summed E-state index contributed by atoms with van der Waals surface area (Å²) in [5, 5.41) is 0. The highest BCUT2D eigenvalue weighted by Crippen LogP contribution is 2.15. The van der Waals surface area contributed by atoms with E-state index in [2.05, 4.69) is 0 Å². The summed E-state index contributed by atoms with van der Waals surface area (Å²) >= 11 is 0. The van der Waals surface area contributed by atoms with E-state index in [1.165, 1.54) is 55.6 Å². The summed E-state index contributed by atoms with van der Waals surface area (Å²) in [5.74, 6) is -0.412. The van der Waals surface area contributed by atoms with Crippen LogP contribution in [0, 0.1) is 0 Å². The molecule has 3 nitrogen and oxygen atoms in total. The minimum absolute atomic E-state index is 0.206. The van der Waals surface area contributed by atoms with Gasteiger partial charge in [0.25, 0.3) is 11.8 Å². The lowest BCUT2D eigenvalue weighted by Gasteiger charge is -2.08. The van der Waals surface area contributed by atoms with Crippen molar-refractivity contribution in [3.63, 3.8) is 0 Å². The molecule has 15 heavy (non-hydrogen) atoms. The third-order valence-electron chi connectivity index (χ3n) is 2.72. The minimum atomic E-state index is -0.206. The number of nitrogens with zero attached hydrogens (tertiary/aromatic N) is 1. The monoisotopic (exact) mass is 209 g/mol. The molecule has 1 fully saturated rings. The molecule has 0 radical (unpaired) electrons. The van der Waals surface area contributed by atoms with Crippen LogP contribution in [-0.4, -0.2) is 23.3 Å². The van der Waals surface area contributed by atoms with Gasteiger partial charge in [0.1, 0.15) is 0 Å². The van der Waals surface area contributed by atoms with Crippen molar-refractivity contribution < 1.29 is 9.59 Å². The molecule has 0 unspecified atom stereocenters. The predicted octanol–water partition coefficient (Wildman–Crippen LogP) is 2.27. The van der Waals surface area contributed by atoms with Gasteiger partial charge in [-0.3, -0.25) is 14.5 Å². The third-order valence-corrected chi connectivity index (χ3v) is 2.72. The lowest BCUT2D eigenvalue weighted by molar-refractivity contribution is -0.136. The molecule has 1 saturated carbocycles. The van der Waals surface area contributed by atoms with Crippen molar-refractivity contribution in [2.75, 3.05) is 6.54 Å². The average Bonchev–Trinajstić information content (AvgIpc) is 2.61. The molecule has 0 bridgehead atoms. The van der Waals surface area contributed by atoms with E-state index in [0.717, 1.165) is 0 Å². The van der Waals surface area contributed by atoms with Gasteiger partial charge in [0.05, 0.1) is 0 Å². The molecule has 0 aromatic carbocycles. The quantitative estimate of drug-likeness (QED) is 0.621. The van der Waals surface area contributed by atoms with Crippen molar-refractivity contribution in [1.82, 2.24) is 4.90 Å². The van der Waals surface area contributed by atoms with Gasteiger partial charge in [0.2, 0.25) is 0 Å². The zero-order valence-electron chi connectivity index (χ0n) is 9.37. The zero-order valence-corrected chi connectivity index (χ0v) is 9.37. The summed E-state index contributed by atoms with van der Waals surface area (Å²) in [7, 11) is 0. The van der Waals surface area contributed by atoms with Crippen LogP contribution in [0.3, 0.4) is 0 Å². The van der Waals surface area contributed by atoms with E-state index in [1.54, 1.807) is 6.92 Å². The van der Waals surface area contributed by atoms with Crippen LogP contribution in [0.5, 0.6) is 0 Å². The highest BCUT2D eigenvalue weighted by atomic mass is 16.2. The van der Waals surface area contributed by atoms with Crippen LogP contribution in [0.1, 0.15) is 45.4 Å². The Morgan fingerprint density at radius 1 is 0.933 bits per heavy atom. The third kappa shape index (κ3) is 3.86. The van der Waals surface area contributed by atoms with E-state index in [9.17, 15) is 9.59 Å². The molecular formula is C12H19NO2. The maximum atomic E-state index is 10.6. The molecule has 2 aliphatic rings. The first-order valence-corrected chi connectivity index (χ1v) is 5.79. The number of amides is 2. The largest absolute Gasteiger partial charge is 0.276 e. The Labute approximate surface area is 91.1 Å². The van der Waals surface area contributed by atoms with E-state index in [0.29, 0.717) is 6.54 Å². The fraction of sp³-hybridized carbons (Fsp3) is 0.667. The lowest BCUT2D eigenvalue weighted by atomic mass is 10.0. The number of likely N-dealkylation sites (N-methyl/N-ethyl adjacent to an activating group) is 1. The molecule has 0 atom stereocenters. The number of rotatable bonds is 1. The summed E-state index contributed by atoms with van der Waals surface area (Å²) in [6.45, 7) is 2.23. The molecule has 2 rings (SSSR count). The van der Waals surface area contributed by atoms with Crippen LogP contribution in [0.25, 0.3) is 0 Å². The predicted molar refractivity (Wildman–Crippen MR) is 59.2 cm³/mol. The molecule has 0 aromatic rings. The smallest absolute Gasteiger partial charge is 0.253 e. The van der Waals surface area contributed by atoms with E-state index >= 15 is 0 Å². The molecule has 0 N–H and O–H groups in total. The van der Waals surface area contributed by atoms with Crippen LogP contribution < -0.4 is 0 Å². The Kier molecular flexibility index (Phi) is 5.08. The molecular weight excluding hydrogens is 190 g/mol. The maximum absolute atomic E-state index is 10.6. The van der Waals surface area contributed by atoms with Gasteiger partial charge in [-0.2, -0.15) is 0 Å². The van der Waals surface area contributed by atoms with E-state index in [4.69, 9.17) is 0 Å². The van der Waals surface area contributed by atoms with Gasteiger partial charge in [-0.25, -0.2) is 0 Å². The lowest BCUT2D eigenvalue weighted by Crippen LogP contribution is -2.29. The molecule has 0 aromatic heterocycles. The number of carbonyl (C=O) groups is 2. The first kappa shape index (κ1) is 12.0. The van der Waals surface area contributed by atoms with Gasteiger partial charge in [-0.15, -0.1) is 0 Å². The standard InChI is InChI=1S/C6H7NO2.C6H12/c1-2-7-5(8)3-4-6(7)9;1-2-4-6-5-3-1/h3-4H,2H2,1H3;1-6H2. The molecule has 1 aliphatic carbocycles. The molecule has 84 valence electrons. The second-order valence-corrected chi connectivity index (χ2v) is 3.88.